The molecule has 0 saturated carbocycles. The van der Waals surface area contributed by atoms with Crippen molar-refractivity contribution in [3.8, 4) is 11.5 Å². The zero-order chi connectivity index (χ0) is 27.7. The van der Waals surface area contributed by atoms with E-state index in [0.29, 0.717) is 11.3 Å². The summed E-state index contributed by atoms with van der Waals surface area (Å²) >= 11 is 0. The van der Waals surface area contributed by atoms with Crippen molar-refractivity contribution in [2.75, 3.05) is 0 Å². The molecule has 0 aliphatic heterocycles. The van der Waals surface area contributed by atoms with Crippen molar-refractivity contribution in [1.29, 1.82) is 0 Å². The monoisotopic (exact) mass is 558 g/mol. The predicted octanol–water partition coefficient (Wildman–Crippen LogP) is 1.15. The maximum absolute atomic E-state index is 10.9. The number of carbonyl (C=O) groups excluding carboxylic acids is 1. The smallest absolute Gasteiger partial charge is 0.150 e. The summed E-state index contributed by atoms with van der Waals surface area (Å²) in [5.74, 6) is 1.46. The average Bonchev–Trinajstić information content (AvgIpc) is 2.96. The lowest BCUT2D eigenvalue weighted by molar-refractivity contribution is -2.00. The summed E-state index contributed by atoms with van der Waals surface area (Å²) in [5, 5.41) is 5.20. The number of carbonyl (C=O) groups is 1. The van der Waals surface area contributed by atoms with Crippen molar-refractivity contribution >= 4 is 34.8 Å². The van der Waals surface area contributed by atoms with Gasteiger partial charge in [0.15, 0.2) is 0 Å². The van der Waals surface area contributed by atoms with Gasteiger partial charge in [-0.1, -0.05) is 54.6 Å². The van der Waals surface area contributed by atoms with Gasteiger partial charge in [-0.15, -0.1) is 10.2 Å². The average molecular weight is 559 g/mol. The van der Waals surface area contributed by atoms with Gasteiger partial charge >= 0.3 is 0 Å². The van der Waals surface area contributed by atoms with Gasteiger partial charge in [0.25, 0.3) is 0 Å². The highest BCUT2D eigenvalue weighted by atomic mass is 35.7. The molecule has 0 unspecified atom stereocenters. The minimum Gasteiger partial charge on any atom is -0.457 e. The van der Waals surface area contributed by atoms with Gasteiger partial charge in [-0.2, -0.15) is 0 Å². The largest absolute Gasteiger partial charge is 0.457 e. The molecule has 0 aliphatic carbocycles. The van der Waals surface area contributed by atoms with Crippen molar-refractivity contribution in [2.45, 2.75) is 0 Å². The van der Waals surface area contributed by atoms with Crippen LogP contribution in [0.5, 0.6) is 11.5 Å². The van der Waals surface area contributed by atoms with Gasteiger partial charge in [0, 0.05) is 5.56 Å². The molecule has 39 heavy (non-hydrogen) atoms. The van der Waals surface area contributed by atoms with Crippen LogP contribution in [-0.2, 0) is 0 Å². The molecule has 0 spiro atoms. The van der Waals surface area contributed by atoms with Crippen molar-refractivity contribution in [3.05, 3.63) is 145 Å². The van der Waals surface area contributed by atoms with Crippen molar-refractivity contribution < 1.29 is 38.4 Å². The van der Waals surface area contributed by atoms with Crippen LogP contribution in [0.1, 0.15) is 10.4 Å². The first-order chi connectivity index (χ1) is 18.8. The second kappa shape index (κ2) is 12.8. The Bertz CT molecular complexity index is 1360. The molecular formula is C31H24ClO6P. The van der Waals surface area contributed by atoms with Crippen LogP contribution in [0.4, 0.5) is 0 Å². The second-order valence-electron chi connectivity index (χ2n) is 8.34. The lowest BCUT2D eigenvalue weighted by Crippen LogP contribution is -2.68. The van der Waals surface area contributed by atoms with Crippen LogP contribution in [0, 0.1) is 10.2 Å². The molecule has 0 saturated heterocycles. The first-order valence-corrected chi connectivity index (χ1v) is 14.8. The van der Waals surface area contributed by atoms with Crippen LogP contribution >= 0.6 is 7.26 Å². The molecular weight excluding hydrogens is 535 g/mol. The number of ether oxygens (including phenoxy) is 1. The van der Waals surface area contributed by atoms with Crippen molar-refractivity contribution in [3.63, 3.8) is 0 Å². The minimum atomic E-state index is -4.94. The summed E-state index contributed by atoms with van der Waals surface area (Å²) in [6.07, 6.45) is 0.832. The summed E-state index contributed by atoms with van der Waals surface area (Å²) in [6.45, 7) is 0. The first-order valence-electron chi connectivity index (χ1n) is 11.8. The first kappa shape index (κ1) is 28.1. The number of aldehydes is 1. The normalized spacial score (nSPS) is 11.2. The maximum atomic E-state index is 10.9. The molecule has 0 amide bonds. The Morgan fingerprint density at radius 2 is 0.795 bits per heavy atom. The number of halogens is 1. The molecule has 0 heterocycles. The van der Waals surface area contributed by atoms with Crippen LogP contribution in [0.3, 0.4) is 0 Å². The van der Waals surface area contributed by atoms with Crippen LogP contribution in [0.15, 0.2) is 140 Å². The van der Waals surface area contributed by atoms with E-state index in [2.05, 4.69) is 103 Å². The van der Waals surface area contributed by atoms with Gasteiger partial charge in [0.05, 0.1) is 0 Å². The third kappa shape index (κ3) is 7.16. The summed E-state index contributed by atoms with van der Waals surface area (Å²) < 4.78 is 40.0. The highest BCUT2D eigenvalue weighted by molar-refractivity contribution is 8.01. The Morgan fingerprint density at radius 1 is 0.487 bits per heavy atom. The highest BCUT2D eigenvalue weighted by Crippen LogP contribution is 2.54. The van der Waals surface area contributed by atoms with E-state index in [1.165, 1.54) is 21.2 Å². The van der Waals surface area contributed by atoms with Crippen LogP contribution in [0.25, 0.3) is 0 Å². The summed E-state index contributed by atoms with van der Waals surface area (Å²) in [7, 11) is -7.06. The fraction of sp³-hybridized carbons (Fsp3) is 0. The van der Waals surface area contributed by atoms with Gasteiger partial charge in [-0.3, -0.25) is 4.79 Å². The number of hydrogen-bond donors (Lipinski definition) is 0. The zero-order valence-corrected chi connectivity index (χ0v) is 22.3. The summed E-state index contributed by atoms with van der Waals surface area (Å²) in [4.78, 5) is 10.9. The fourth-order valence-corrected chi connectivity index (χ4v) is 8.58. The van der Waals surface area contributed by atoms with Crippen molar-refractivity contribution in [1.82, 2.24) is 0 Å². The third-order valence-corrected chi connectivity index (χ3v) is 10.2. The molecule has 196 valence electrons. The lowest BCUT2D eigenvalue weighted by atomic mass is 10.2. The number of benzene rings is 5. The summed E-state index contributed by atoms with van der Waals surface area (Å²) in [6, 6.07) is 48.0. The SMILES string of the molecule is O=Cc1ccc(Oc2ccc([P+](c3ccccc3)(c3ccccc3)c3ccccc3)cc2)cc1.[O-][Cl+3]([O-])([O-])[O-]. The fourth-order valence-electron chi connectivity index (χ4n) is 4.34. The summed E-state index contributed by atoms with van der Waals surface area (Å²) in [5.41, 5.74) is 0.630. The van der Waals surface area contributed by atoms with E-state index < -0.39 is 17.5 Å². The molecule has 0 radical (unpaired) electrons. The van der Waals surface area contributed by atoms with Gasteiger partial charge in [0.2, 0.25) is 0 Å². The highest BCUT2D eigenvalue weighted by Gasteiger charge is 2.47. The third-order valence-electron chi connectivity index (χ3n) is 5.91. The second-order valence-corrected chi connectivity index (χ2v) is 12.5. The molecule has 5 aromatic carbocycles. The van der Waals surface area contributed by atoms with E-state index in [9.17, 15) is 4.79 Å². The van der Waals surface area contributed by atoms with Gasteiger partial charge in [0.1, 0.15) is 46.3 Å². The van der Waals surface area contributed by atoms with E-state index in [4.69, 9.17) is 23.4 Å². The number of hydrogen-bond acceptors (Lipinski definition) is 6. The standard InChI is InChI=1S/C31H24O2P.ClHO4/c32-24-25-16-18-26(19-17-25)33-27-20-22-31(23-21-27)34(28-10-4-1-5-11-28,29-12-6-2-7-13-29)30-14-8-3-9-15-30;2-1(3,4)5/h1-24H;(H,2,3,4,5)/q+1;/p-1. The molecule has 6 nitrogen and oxygen atoms in total. The Hall–Kier alpha value is -3.87. The molecule has 0 bridgehead atoms. The Balaban J connectivity index is 0.000000648. The maximum Gasteiger partial charge on any atom is 0.150 e. The van der Waals surface area contributed by atoms with Gasteiger partial charge in [-0.05, 0) is 84.9 Å². The van der Waals surface area contributed by atoms with E-state index in [-0.39, 0.29) is 0 Å². The lowest BCUT2D eigenvalue weighted by Gasteiger charge is -2.27. The van der Waals surface area contributed by atoms with Crippen LogP contribution in [0.2, 0.25) is 0 Å². The Kier molecular flexibility index (Phi) is 9.23. The van der Waals surface area contributed by atoms with E-state index >= 15 is 0 Å². The van der Waals surface area contributed by atoms with Gasteiger partial charge in [-0.25, -0.2) is 18.6 Å². The van der Waals surface area contributed by atoms with Gasteiger partial charge < -0.3 is 4.74 Å². The quantitative estimate of drug-likeness (QED) is 0.218. The Morgan fingerprint density at radius 3 is 1.13 bits per heavy atom. The molecule has 0 fully saturated rings. The Labute approximate surface area is 229 Å². The zero-order valence-electron chi connectivity index (χ0n) is 20.6. The van der Waals surface area contributed by atoms with Crippen molar-refractivity contribution in [2.24, 2.45) is 0 Å². The topological polar surface area (TPSA) is 119 Å². The molecule has 5 aromatic rings. The minimum absolute atomic E-state index is 0.630. The molecule has 0 aromatic heterocycles. The van der Waals surface area contributed by atoms with Crippen LogP contribution < -0.4 is 44.6 Å². The molecule has 5 rings (SSSR count). The van der Waals surface area contributed by atoms with E-state index in [0.717, 1.165) is 12.0 Å². The molecule has 0 N–H and O–H groups in total. The number of rotatable bonds is 7. The molecule has 0 atom stereocenters. The molecule has 8 heteroatoms. The van der Waals surface area contributed by atoms with E-state index in [1.54, 1.807) is 12.1 Å². The van der Waals surface area contributed by atoms with Crippen LogP contribution in [-0.4, -0.2) is 6.29 Å². The molecule has 0 aliphatic rings. The predicted molar refractivity (Wildman–Crippen MR) is 143 cm³/mol. The van der Waals surface area contributed by atoms with E-state index in [1.807, 2.05) is 24.3 Å².